The molecule has 1 unspecified atom stereocenters. The summed E-state index contributed by atoms with van der Waals surface area (Å²) >= 11 is 6.09. The van der Waals surface area contributed by atoms with Gasteiger partial charge < -0.3 is 15.3 Å². The van der Waals surface area contributed by atoms with Crippen LogP contribution in [0.4, 0.5) is 5.69 Å². The van der Waals surface area contributed by atoms with Gasteiger partial charge in [0.25, 0.3) is 0 Å². The molecule has 1 atom stereocenters. The second kappa shape index (κ2) is 5.02. The average molecular weight is 295 g/mol. The number of nitrogens with zero attached hydrogens (tertiary/aromatic N) is 1. The molecule has 0 aromatic heterocycles. The Kier molecular flexibility index (Phi) is 3.48. The van der Waals surface area contributed by atoms with E-state index in [0.29, 0.717) is 11.6 Å². The van der Waals surface area contributed by atoms with E-state index in [4.69, 9.17) is 11.6 Å². The van der Waals surface area contributed by atoms with Crippen LogP contribution in [0.3, 0.4) is 0 Å². The fraction of sp³-hybridized carbons (Fsp3) is 0.533. The summed E-state index contributed by atoms with van der Waals surface area (Å²) in [5.41, 5.74) is 1.49. The molecule has 0 bridgehead atoms. The van der Waals surface area contributed by atoms with Gasteiger partial charge in [-0.15, -0.1) is 0 Å². The molecule has 2 N–H and O–H groups in total. The SMILES string of the molecule is CC(O)CN1CCC2(CC1)C(=O)Nc1ccc(Cl)cc12. The van der Waals surface area contributed by atoms with E-state index in [9.17, 15) is 9.90 Å². The number of likely N-dealkylation sites (tertiary alicyclic amines) is 1. The van der Waals surface area contributed by atoms with Gasteiger partial charge in [-0.3, -0.25) is 4.79 Å². The largest absolute Gasteiger partial charge is 0.392 e. The zero-order valence-electron chi connectivity index (χ0n) is 11.5. The van der Waals surface area contributed by atoms with Gasteiger partial charge in [-0.1, -0.05) is 11.6 Å². The molecule has 1 spiro atoms. The summed E-state index contributed by atoms with van der Waals surface area (Å²) in [5.74, 6) is 0.0893. The fourth-order valence-electron chi connectivity index (χ4n) is 3.37. The minimum Gasteiger partial charge on any atom is -0.392 e. The first-order valence-electron chi connectivity index (χ1n) is 7.03. The topological polar surface area (TPSA) is 52.6 Å². The van der Waals surface area contributed by atoms with Gasteiger partial charge >= 0.3 is 0 Å². The number of hydrogen-bond acceptors (Lipinski definition) is 3. The Balaban J connectivity index is 1.84. The summed E-state index contributed by atoms with van der Waals surface area (Å²) < 4.78 is 0. The van der Waals surface area contributed by atoms with Crippen LogP contribution in [-0.2, 0) is 10.2 Å². The molecule has 0 saturated carbocycles. The standard InChI is InChI=1S/C15H19ClN2O2/c1-10(19)9-18-6-4-15(5-7-18)12-8-11(16)2-3-13(12)17-14(15)20/h2-3,8,10,19H,4-7,9H2,1H3,(H,17,20). The third kappa shape index (κ3) is 2.22. The number of hydrogen-bond donors (Lipinski definition) is 2. The van der Waals surface area contributed by atoms with Crippen molar-refractivity contribution in [3.8, 4) is 0 Å². The van der Waals surface area contributed by atoms with E-state index in [0.717, 1.165) is 37.2 Å². The number of carbonyl (C=O) groups is 1. The van der Waals surface area contributed by atoms with Crippen LogP contribution in [0.25, 0.3) is 0 Å². The first-order chi connectivity index (χ1) is 9.51. The molecule has 2 heterocycles. The van der Waals surface area contributed by atoms with Gasteiger partial charge in [-0.25, -0.2) is 0 Å². The summed E-state index contributed by atoms with van der Waals surface area (Å²) in [6.07, 6.45) is 1.22. The highest BCUT2D eigenvalue weighted by molar-refractivity contribution is 6.31. The van der Waals surface area contributed by atoms with E-state index in [1.165, 1.54) is 0 Å². The lowest BCUT2D eigenvalue weighted by molar-refractivity contribution is -0.122. The number of aliphatic hydroxyl groups is 1. The summed E-state index contributed by atoms with van der Waals surface area (Å²) in [5, 5.41) is 13.1. The highest BCUT2D eigenvalue weighted by Crippen LogP contribution is 2.45. The van der Waals surface area contributed by atoms with Gasteiger partial charge in [-0.2, -0.15) is 0 Å². The van der Waals surface area contributed by atoms with Crippen molar-refractivity contribution < 1.29 is 9.90 Å². The number of amides is 1. The van der Waals surface area contributed by atoms with Gasteiger partial charge in [0.05, 0.1) is 11.5 Å². The van der Waals surface area contributed by atoms with Gasteiger partial charge in [0.1, 0.15) is 0 Å². The lowest BCUT2D eigenvalue weighted by atomic mass is 9.73. The van der Waals surface area contributed by atoms with Crippen LogP contribution in [0.2, 0.25) is 5.02 Å². The molecule has 5 heteroatoms. The van der Waals surface area contributed by atoms with E-state index in [1.54, 1.807) is 6.92 Å². The second-order valence-electron chi connectivity index (χ2n) is 5.88. The smallest absolute Gasteiger partial charge is 0.235 e. The summed E-state index contributed by atoms with van der Waals surface area (Å²) in [6.45, 7) is 4.11. The predicted molar refractivity (Wildman–Crippen MR) is 79.1 cm³/mol. The van der Waals surface area contributed by atoms with Gasteiger partial charge in [0, 0.05) is 17.3 Å². The van der Waals surface area contributed by atoms with Gasteiger partial charge in [-0.05, 0) is 56.6 Å². The first kappa shape index (κ1) is 13.9. The van der Waals surface area contributed by atoms with Gasteiger partial charge in [0.2, 0.25) is 5.91 Å². The molecular weight excluding hydrogens is 276 g/mol. The number of rotatable bonds is 2. The number of β-amino-alcohol motifs (C(OH)–C–C–N with tert-alkyl or cyclic N) is 1. The number of benzene rings is 1. The highest BCUT2D eigenvalue weighted by Gasteiger charge is 2.48. The maximum Gasteiger partial charge on any atom is 0.235 e. The van der Waals surface area contributed by atoms with E-state index in [2.05, 4.69) is 10.2 Å². The lowest BCUT2D eigenvalue weighted by Gasteiger charge is -2.38. The summed E-state index contributed by atoms with van der Waals surface area (Å²) in [4.78, 5) is 14.6. The van der Waals surface area contributed by atoms with Gasteiger partial charge in [0.15, 0.2) is 0 Å². The Morgan fingerprint density at radius 3 is 2.80 bits per heavy atom. The van der Waals surface area contributed by atoms with Crippen molar-refractivity contribution in [1.82, 2.24) is 4.90 Å². The van der Waals surface area contributed by atoms with E-state index >= 15 is 0 Å². The third-order valence-electron chi connectivity index (χ3n) is 4.41. The molecule has 3 rings (SSSR count). The van der Waals surface area contributed by atoms with Crippen LogP contribution >= 0.6 is 11.6 Å². The molecule has 0 radical (unpaired) electrons. The Labute approximate surface area is 123 Å². The first-order valence-corrected chi connectivity index (χ1v) is 7.41. The number of fused-ring (bicyclic) bond motifs is 2. The summed E-state index contributed by atoms with van der Waals surface area (Å²) in [6, 6.07) is 5.61. The number of halogens is 1. The maximum atomic E-state index is 12.4. The fourth-order valence-corrected chi connectivity index (χ4v) is 3.55. The number of nitrogens with one attached hydrogen (secondary N) is 1. The molecule has 20 heavy (non-hydrogen) atoms. The minimum atomic E-state index is -0.435. The molecule has 1 amide bonds. The van der Waals surface area contributed by atoms with Crippen molar-refractivity contribution in [1.29, 1.82) is 0 Å². The maximum absolute atomic E-state index is 12.4. The Bertz CT molecular complexity index is 537. The molecule has 1 fully saturated rings. The van der Waals surface area contributed by atoms with Crippen LogP contribution in [0.5, 0.6) is 0 Å². The van der Waals surface area contributed by atoms with E-state index in [-0.39, 0.29) is 12.0 Å². The number of piperidine rings is 1. The molecular formula is C15H19ClN2O2. The quantitative estimate of drug-likeness (QED) is 0.877. The van der Waals surface area contributed by atoms with Crippen LogP contribution in [0.1, 0.15) is 25.3 Å². The molecule has 1 saturated heterocycles. The Hall–Kier alpha value is -1.10. The minimum absolute atomic E-state index is 0.0893. The molecule has 1 aromatic rings. The van der Waals surface area contributed by atoms with Crippen molar-refractivity contribution in [2.75, 3.05) is 25.0 Å². The predicted octanol–water partition coefficient (Wildman–Crippen LogP) is 2.01. The van der Waals surface area contributed by atoms with Crippen molar-refractivity contribution in [3.05, 3.63) is 28.8 Å². The number of aliphatic hydroxyl groups excluding tert-OH is 1. The zero-order valence-corrected chi connectivity index (χ0v) is 12.3. The lowest BCUT2D eigenvalue weighted by Crippen LogP contribution is -2.47. The Morgan fingerprint density at radius 1 is 1.45 bits per heavy atom. The van der Waals surface area contributed by atoms with E-state index < -0.39 is 5.41 Å². The van der Waals surface area contributed by atoms with E-state index in [1.807, 2.05) is 18.2 Å². The zero-order chi connectivity index (χ0) is 14.3. The Morgan fingerprint density at radius 2 is 2.15 bits per heavy atom. The monoisotopic (exact) mass is 294 g/mol. The normalized spacial score (nSPS) is 22.6. The number of carbonyl (C=O) groups excluding carboxylic acids is 1. The van der Waals surface area contributed by atoms with Crippen LogP contribution in [-0.4, -0.2) is 41.7 Å². The second-order valence-corrected chi connectivity index (χ2v) is 6.31. The van der Waals surface area contributed by atoms with Crippen LogP contribution in [0, 0.1) is 0 Å². The summed E-state index contributed by atoms with van der Waals surface area (Å²) in [7, 11) is 0. The average Bonchev–Trinajstić information content (AvgIpc) is 2.65. The molecule has 2 aliphatic rings. The molecule has 0 aliphatic carbocycles. The van der Waals surface area contributed by atoms with Crippen molar-refractivity contribution in [3.63, 3.8) is 0 Å². The van der Waals surface area contributed by atoms with Crippen molar-refractivity contribution in [2.24, 2.45) is 0 Å². The van der Waals surface area contributed by atoms with Crippen molar-refractivity contribution >= 4 is 23.2 Å². The number of anilines is 1. The molecule has 4 nitrogen and oxygen atoms in total. The molecule has 2 aliphatic heterocycles. The molecule has 1 aromatic carbocycles. The highest BCUT2D eigenvalue weighted by atomic mass is 35.5. The van der Waals surface area contributed by atoms with Crippen LogP contribution in [0.15, 0.2) is 18.2 Å². The molecule has 108 valence electrons. The van der Waals surface area contributed by atoms with Crippen molar-refractivity contribution in [2.45, 2.75) is 31.3 Å². The van der Waals surface area contributed by atoms with Crippen LogP contribution < -0.4 is 5.32 Å². The third-order valence-corrected chi connectivity index (χ3v) is 4.65.